The van der Waals surface area contributed by atoms with E-state index in [1.165, 1.54) is 14.0 Å². The Bertz CT molecular complexity index is 622. The first-order valence-electron chi connectivity index (χ1n) is 5.73. The minimum Gasteiger partial charge on any atom is -0.478 e. The number of aromatic amines is 1. The van der Waals surface area contributed by atoms with Gasteiger partial charge < -0.3 is 10.4 Å². The fourth-order valence-corrected chi connectivity index (χ4v) is 2.78. The molecule has 0 fully saturated rings. The second kappa shape index (κ2) is 6.01. The number of sulfonamides is 1. The molecule has 3 N–H and O–H groups in total. The van der Waals surface area contributed by atoms with Gasteiger partial charge in [-0.15, -0.1) is 0 Å². The number of amides is 1. The zero-order chi connectivity index (χ0) is 15.5. The van der Waals surface area contributed by atoms with Gasteiger partial charge in [0.25, 0.3) is 10.0 Å². The van der Waals surface area contributed by atoms with Crippen LogP contribution in [-0.4, -0.2) is 60.0 Å². The van der Waals surface area contributed by atoms with E-state index in [9.17, 15) is 18.0 Å². The number of carbonyl (C=O) groups excluding carboxylic acids is 1. The molecule has 0 aliphatic carbocycles. The van der Waals surface area contributed by atoms with E-state index >= 15 is 0 Å². The van der Waals surface area contributed by atoms with E-state index in [1.54, 1.807) is 6.92 Å². The van der Waals surface area contributed by atoms with E-state index < -0.39 is 39.0 Å². The summed E-state index contributed by atoms with van der Waals surface area (Å²) in [5.74, 6) is -1.89. The first kappa shape index (κ1) is 16.1. The zero-order valence-electron chi connectivity index (χ0n) is 11.3. The number of hydrogen-bond acceptors (Lipinski definition) is 5. The molecule has 1 amide bonds. The van der Waals surface area contributed by atoms with Gasteiger partial charge in [-0.25, -0.2) is 13.2 Å². The molecule has 112 valence electrons. The number of nitrogens with zero attached hydrogens (tertiary/aromatic N) is 2. The van der Waals surface area contributed by atoms with Crippen molar-refractivity contribution in [3.8, 4) is 0 Å². The number of likely N-dealkylation sites (N-methyl/N-ethyl adjacent to an activating group) is 2. The molecule has 0 bridgehead atoms. The molecular formula is C10H16N4O5S. The lowest BCUT2D eigenvalue weighted by Crippen LogP contribution is -2.38. The third-order valence-corrected chi connectivity index (χ3v) is 4.26. The molecule has 0 spiro atoms. The highest BCUT2D eigenvalue weighted by Crippen LogP contribution is 2.19. The van der Waals surface area contributed by atoms with Gasteiger partial charge in [-0.3, -0.25) is 9.89 Å². The summed E-state index contributed by atoms with van der Waals surface area (Å²) in [5.41, 5.74) is -0.296. The molecule has 0 aliphatic rings. The van der Waals surface area contributed by atoms with Gasteiger partial charge in [0, 0.05) is 19.3 Å². The normalized spacial score (nSPS) is 11.6. The molecule has 1 aromatic rings. The number of aromatic nitrogens is 2. The topological polar surface area (TPSA) is 132 Å². The molecule has 10 heteroatoms. The fourth-order valence-electron chi connectivity index (χ4n) is 1.53. The second-order valence-electron chi connectivity index (χ2n) is 4.05. The minimum atomic E-state index is -4.16. The van der Waals surface area contributed by atoms with E-state index in [1.807, 2.05) is 0 Å². The quantitative estimate of drug-likeness (QED) is 0.628. The summed E-state index contributed by atoms with van der Waals surface area (Å²) in [6, 6.07) is 0. The molecule has 0 saturated heterocycles. The van der Waals surface area contributed by atoms with Crippen molar-refractivity contribution in [1.29, 1.82) is 0 Å². The Labute approximate surface area is 116 Å². The SMILES string of the molecule is CCNC(=O)CN(C)S(=O)(=O)c1n[nH]c(C)c1C(=O)O. The van der Waals surface area contributed by atoms with Crippen molar-refractivity contribution < 1.29 is 23.1 Å². The van der Waals surface area contributed by atoms with E-state index in [0.717, 1.165) is 4.31 Å². The van der Waals surface area contributed by atoms with Crippen LogP contribution in [0.4, 0.5) is 0 Å². The van der Waals surface area contributed by atoms with Crippen LogP contribution in [0.25, 0.3) is 0 Å². The number of H-pyrrole nitrogens is 1. The second-order valence-corrected chi connectivity index (χ2v) is 6.01. The zero-order valence-corrected chi connectivity index (χ0v) is 12.1. The van der Waals surface area contributed by atoms with Crippen molar-refractivity contribution in [1.82, 2.24) is 19.8 Å². The van der Waals surface area contributed by atoms with E-state index in [-0.39, 0.29) is 5.69 Å². The van der Waals surface area contributed by atoms with Crippen molar-refractivity contribution in [3.05, 3.63) is 11.3 Å². The monoisotopic (exact) mass is 304 g/mol. The molecule has 0 radical (unpaired) electrons. The summed E-state index contributed by atoms with van der Waals surface area (Å²) in [6.07, 6.45) is 0. The molecule has 0 atom stereocenters. The molecule has 9 nitrogen and oxygen atoms in total. The van der Waals surface area contributed by atoms with Crippen LogP contribution < -0.4 is 5.32 Å². The van der Waals surface area contributed by atoms with Crippen molar-refractivity contribution in [2.45, 2.75) is 18.9 Å². The Kier molecular flexibility index (Phi) is 4.84. The van der Waals surface area contributed by atoms with Crippen LogP contribution in [0.5, 0.6) is 0 Å². The number of carbonyl (C=O) groups is 2. The lowest BCUT2D eigenvalue weighted by molar-refractivity contribution is -0.121. The van der Waals surface area contributed by atoms with Gasteiger partial charge in [-0.2, -0.15) is 9.40 Å². The minimum absolute atomic E-state index is 0.127. The number of aromatic carboxylic acids is 1. The highest BCUT2D eigenvalue weighted by Gasteiger charge is 2.32. The molecule has 0 saturated carbocycles. The number of rotatable bonds is 6. The largest absolute Gasteiger partial charge is 0.478 e. The van der Waals surface area contributed by atoms with Crippen LogP contribution in [0.3, 0.4) is 0 Å². The summed E-state index contributed by atoms with van der Waals surface area (Å²) in [6.45, 7) is 3.06. The predicted molar refractivity (Wildman–Crippen MR) is 68.8 cm³/mol. The molecule has 0 unspecified atom stereocenters. The van der Waals surface area contributed by atoms with E-state index in [2.05, 4.69) is 15.5 Å². The van der Waals surface area contributed by atoms with Gasteiger partial charge in [0.05, 0.1) is 6.54 Å². The Morgan fingerprint density at radius 2 is 2.05 bits per heavy atom. The number of carboxylic acid groups (broad SMARTS) is 1. The Balaban J connectivity index is 3.11. The molecule has 20 heavy (non-hydrogen) atoms. The Hall–Kier alpha value is -1.94. The van der Waals surface area contributed by atoms with E-state index in [4.69, 9.17) is 5.11 Å². The summed E-state index contributed by atoms with van der Waals surface area (Å²) in [4.78, 5) is 22.5. The summed E-state index contributed by atoms with van der Waals surface area (Å²) >= 11 is 0. The van der Waals surface area contributed by atoms with Crippen LogP contribution in [-0.2, 0) is 14.8 Å². The molecule has 1 aromatic heterocycles. The smallest absolute Gasteiger partial charge is 0.340 e. The summed E-state index contributed by atoms with van der Waals surface area (Å²) in [7, 11) is -2.98. The molecule has 0 aromatic carbocycles. The number of aryl methyl sites for hydroxylation is 1. The van der Waals surface area contributed by atoms with Gasteiger partial charge in [0.1, 0.15) is 5.56 Å². The maximum Gasteiger partial charge on any atom is 0.340 e. The van der Waals surface area contributed by atoms with Gasteiger partial charge in [-0.05, 0) is 13.8 Å². The predicted octanol–water partition coefficient (Wildman–Crippen LogP) is -0.827. The molecule has 1 rings (SSSR count). The van der Waals surface area contributed by atoms with Crippen LogP contribution in [0.1, 0.15) is 23.0 Å². The van der Waals surface area contributed by atoms with Gasteiger partial charge >= 0.3 is 5.97 Å². The van der Waals surface area contributed by atoms with Gasteiger partial charge in [-0.1, -0.05) is 0 Å². The van der Waals surface area contributed by atoms with Crippen molar-refractivity contribution in [2.24, 2.45) is 0 Å². The van der Waals surface area contributed by atoms with Gasteiger partial charge in [0.15, 0.2) is 0 Å². The summed E-state index contributed by atoms with van der Waals surface area (Å²) in [5, 5.41) is 16.7. The average Bonchev–Trinajstić information content (AvgIpc) is 2.71. The lowest BCUT2D eigenvalue weighted by atomic mass is 10.3. The number of nitrogens with one attached hydrogen (secondary N) is 2. The van der Waals surface area contributed by atoms with Crippen molar-refractivity contribution in [2.75, 3.05) is 20.1 Å². The number of hydrogen-bond donors (Lipinski definition) is 3. The maximum atomic E-state index is 12.2. The van der Waals surface area contributed by atoms with Crippen molar-refractivity contribution >= 4 is 21.9 Å². The van der Waals surface area contributed by atoms with Crippen LogP contribution in [0, 0.1) is 6.92 Å². The first-order valence-corrected chi connectivity index (χ1v) is 7.17. The Morgan fingerprint density at radius 1 is 1.45 bits per heavy atom. The third kappa shape index (κ3) is 3.14. The third-order valence-electron chi connectivity index (χ3n) is 2.52. The van der Waals surface area contributed by atoms with Crippen LogP contribution in [0.2, 0.25) is 0 Å². The van der Waals surface area contributed by atoms with Crippen LogP contribution >= 0.6 is 0 Å². The average molecular weight is 304 g/mol. The summed E-state index contributed by atoms with van der Waals surface area (Å²) < 4.78 is 25.2. The standard InChI is InChI=1S/C10H16N4O5S/c1-4-11-7(15)5-14(3)20(18,19)9-8(10(16)17)6(2)12-13-9/h4-5H2,1-3H3,(H,11,15)(H,12,13)(H,16,17). The van der Waals surface area contributed by atoms with E-state index in [0.29, 0.717) is 6.54 Å². The highest BCUT2D eigenvalue weighted by atomic mass is 32.2. The first-order chi connectivity index (χ1) is 9.21. The maximum absolute atomic E-state index is 12.2. The molecular weight excluding hydrogens is 288 g/mol. The molecule has 0 aliphatic heterocycles. The highest BCUT2D eigenvalue weighted by molar-refractivity contribution is 7.89. The lowest BCUT2D eigenvalue weighted by Gasteiger charge is -2.15. The molecule has 1 heterocycles. The van der Waals surface area contributed by atoms with Crippen LogP contribution in [0.15, 0.2) is 5.03 Å². The fraction of sp³-hybridized carbons (Fsp3) is 0.500. The van der Waals surface area contributed by atoms with Crippen molar-refractivity contribution in [3.63, 3.8) is 0 Å². The Morgan fingerprint density at radius 3 is 2.55 bits per heavy atom. The van der Waals surface area contributed by atoms with Gasteiger partial charge in [0.2, 0.25) is 10.9 Å². The number of carboxylic acids is 1.